The lowest BCUT2D eigenvalue weighted by atomic mass is 10.1. The number of carbonyl (C=O) groups excluding carboxylic acids is 1. The monoisotopic (exact) mass is 404 g/mol. The molecular formula is C21H20N6OS. The second kappa shape index (κ2) is 7.36. The molecule has 0 aliphatic carbocycles. The number of carbonyl (C=O) groups is 1. The third-order valence-electron chi connectivity index (χ3n) is 5.31. The van der Waals surface area contributed by atoms with Crippen LogP contribution in [0.2, 0.25) is 0 Å². The van der Waals surface area contributed by atoms with Crippen LogP contribution in [-0.4, -0.2) is 48.6 Å². The van der Waals surface area contributed by atoms with Gasteiger partial charge in [0.1, 0.15) is 5.82 Å². The average molecular weight is 404 g/mol. The second-order valence-corrected chi connectivity index (χ2v) is 7.88. The molecule has 0 radical (unpaired) electrons. The van der Waals surface area contributed by atoms with Gasteiger partial charge in [0.05, 0.1) is 40.7 Å². The molecule has 0 spiro atoms. The lowest BCUT2D eigenvalue weighted by Gasteiger charge is -2.24. The molecule has 2 aromatic heterocycles. The highest BCUT2D eigenvalue weighted by atomic mass is 32.2. The van der Waals surface area contributed by atoms with Gasteiger partial charge >= 0.3 is 0 Å². The zero-order chi connectivity index (χ0) is 19.8. The molecule has 7 nitrogen and oxygen atoms in total. The van der Waals surface area contributed by atoms with Crippen LogP contribution in [0.1, 0.15) is 35.1 Å². The fraction of sp³-hybridized carbons (Fsp3) is 0.238. The molecule has 4 aromatic rings. The molecule has 1 N–H and O–H groups in total. The van der Waals surface area contributed by atoms with Gasteiger partial charge in [-0.2, -0.15) is 15.0 Å². The van der Waals surface area contributed by atoms with Crippen LogP contribution in [0.15, 0.2) is 59.8 Å². The number of aromatic nitrogens is 5. The van der Waals surface area contributed by atoms with E-state index in [9.17, 15) is 4.79 Å². The minimum Gasteiger partial charge on any atom is -0.340 e. The third kappa shape index (κ3) is 3.19. The fourth-order valence-electron chi connectivity index (χ4n) is 3.91. The lowest BCUT2D eigenvalue weighted by Crippen LogP contribution is -2.32. The maximum absolute atomic E-state index is 13.5. The van der Waals surface area contributed by atoms with Gasteiger partial charge in [0.15, 0.2) is 0 Å². The largest absolute Gasteiger partial charge is 0.340 e. The molecule has 0 bridgehead atoms. The minimum absolute atomic E-state index is 0.0225. The highest BCUT2D eigenvalue weighted by Gasteiger charge is 2.33. The number of nitrogens with zero attached hydrogens (tertiary/aromatic N) is 5. The number of hydrogen-bond acceptors (Lipinski definition) is 5. The summed E-state index contributed by atoms with van der Waals surface area (Å²) < 4.78 is 0. The van der Waals surface area contributed by atoms with Crippen LogP contribution in [-0.2, 0) is 0 Å². The van der Waals surface area contributed by atoms with Crippen LogP contribution in [0, 0.1) is 0 Å². The average Bonchev–Trinajstić information content (AvgIpc) is 3.52. The number of rotatable bonds is 4. The van der Waals surface area contributed by atoms with E-state index in [1.807, 2.05) is 35.2 Å². The van der Waals surface area contributed by atoms with Crippen LogP contribution in [0.4, 0.5) is 0 Å². The molecule has 8 heteroatoms. The van der Waals surface area contributed by atoms with Crippen LogP contribution < -0.4 is 0 Å². The van der Waals surface area contributed by atoms with Gasteiger partial charge in [0, 0.05) is 11.4 Å². The first-order valence-electron chi connectivity index (χ1n) is 9.55. The Bertz CT molecular complexity index is 1170. The Labute approximate surface area is 172 Å². The Morgan fingerprint density at radius 1 is 1.17 bits per heavy atom. The summed E-state index contributed by atoms with van der Waals surface area (Å²) in [7, 11) is 0. The van der Waals surface area contributed by atoms with E-state index in [2.05, 4.69) is 33.6 Å². The number of fused-ring (bicyclic) bond motifs is 1. The van der Waals surface area contributed by atoms with Crippen molar-refractivity contribution in [1.29, 1.82) is 0 Å². The van der Waals surface area contributed by atoms with Gasteiger partial charge in [-0.3, -0.25) is 4.79 Å². The Balaban J connectivity index is 1.50. The van der Waals surface area contributed by atoms with Crippen LogP contribution in [0.25, 0.3) is 16.7 Å². The molecule has 1 amide bonds. The van der Waals surface area contributed by atoms with Gasteiger partial charge in [0.2, 0.25) is 0 Å². The molecule has 2 aromatic carbocycles. The van der Waals surface area contributed by atoms with E-state index in [0.29, 0.717) is 17.8 Å². The van der Waals surface area contributed by atoms with Gasteiger partial charge in [0.25, 0.3) is 5.91 Å². The Kier molecular flexibility index (Phi) is 4.55. The van der Waals surface area contributed by atoms with Gasteiger partial charge in [-0.15, -0.1) is 11.8 Å². The highest BCUT2D eigenvalue weighted by Crippen LogP contribution is 2.34. The van der Waals surface area contributed by atoms with E-state index in [1.165, 1.54) is 9.69 Å². The zero-order valence-electron chi connectivity index (χ0n) is 15.9. The summed E-state index contributed by atoms with van der Waals surface area (Å²) in [5.41, 5.74) is 3.21. The third-order valence-corrected chi connectivity index (χ3v) is 6.03. The first-order chi connectivity index (χ1) is 14.2. The van der Waals surface area contributed by atoms with Crippen molar-refractivity contribution in [1.82, 2.24) is 29.9 Å². The maximum Gasteiger partial charge on any atom is 0.256 e. The van der Waals surface area contributed by atoms with E-state index >= 15 is 0 Å². The summed E-state index contributed by atoms with van der Waals surface area (Å²) in [6.45, 7) is 0.706. The molecule has 1 aliphatic rings. The summed E-state index contributed by atoms with van der Waals surface area (Å²) in [5.74, 6) is 0.824. The quantitative estimate of drug-likeness (QED) is 0.523. The van der Waals surface area contributed by atoms with E-state index in [0.717, 1.165) is 29.7 Å². The second-order valence-electron chi connectivity index (χ2n) is 7.00. The smallest absolute Gasteiger partial charge is 0.256 e. The van der Waals surface area contributed by atoms with Crippen molar-refractivity contribution in [2.24, 2.45) is 0 Å². The Morgan fingerprint density at radius 2 is 2.00 bits per heavy atom. The minimum atomic E-state index is -0.0636. The van der Waals surface area contributed by atoms with Crippen molar-refractivity contribution in [3.05, 3.63) is 66.2 Å². The molecule has 146 valence electrons. The summed E-state index contributed by atoms with van der Waals surface area (Å²) in [6.07, 6.45) is 7.12. The number of aromatic amines is 1. The summed E-state index contributed by atoms with van der Waals surface area (Å²) in [6, 6.07) is 13.6. The summed E-state index contributed by atoms with van der Waals surface area (Å²) >= 11 is 1.70. The van der Waals surface area contributed by atoms with Crippen molar-refractivity contribution in [3.8, 4) is 5.69 Å². The van der Waals surface area contributed by atoms with Crippen molar-refractivity contribution in [3.63, 3.8) is 0 Å². The molecular weight excluding hydrogens is 384 g/mol. The van der Waals surface area contributed by atoms with Crippen molar-refractivity contribution in [2.45, 2.75) is 23.8 Å². The summed E-state index contributed by atoms with van der Waals surface area (Å²) in [4.78, 5) is 26.3. The number of H-pyrrole nitrogens is 1. The van der Waals surface area contributed by atoms with E-state index < -0.39 is 0 Å². The molecule has 5 rings (SSSR count). The van der Waals surface area contributed by atoms with E-state index in [1.54, 1.807) is 24.2 Å². The SMILES string of the molecule is CSc1ccc2nc(C3CCCN3C(=O)c3ccccc3-n3nccn3)[nH]c2c1. The molecule has 1 saturated heterocycles. The fourth-order valence-corrected chi connectivity index (χ4v) is 4.35. The number of thioether (sulfide) groups is 1. The number of benzene rings is 2. The number of amides is 1. The lowest BCUT2D eigenvalue weighted by molar-refractivity contribution is 0.0730. The summed E-state index contributed by atoms with van der Waals surface area (Å²) in [5, 5.41) is 8.39. The van der Waals surface area contributed by atoms with E-state index in [-0.39, 0.29) is 11.9 Å². The highest BCUT2D eigenvalue weighted by molar-refractivity contribution is 7.98. The topological polar surface area (TPSA) is 79.7 Å². The van der Waals surface area contributed by atoms with Gasteiger partial charge in [-0.1, -0.05) is 12.1 Å². The predicted octanol–water partition coefficient (Wildman–Crippen LogP) is 3.84. The first-order valence-corrected chi connectivity index (χ1v) is 10.8. The molecule has 29 heavy (non-hydrogen) atoms. The predicted molar refractivity (Wildman–Crippen MR) is 112 cm³/mol. The van der Waals surface area contributed by atoms with Gasteiger partial charge in [-0.25, -0.2) is 4.98 Å². The van der Waals surface area contributed by atoms with Crippen LogP contribution >= 0.6 is 11.8 Å². The number of likely N-dealkylation sites (tertiary alicyclic amines) is 1. The van der Waals surface area contributed by atoms with Crippen molar-refractivity contribution >= 4 is 28.7 Å². The van der Waals surface area contributed by atoms with Crippen molar-refractivity contribution < 1.29 is 4.79 Å². The molecule has 1 fully saturated rings. The molecule has 3 heterocycles. The standard InChI is InChI=1S/C21H20N6OS/c1-29-14-8-9-16-17(13-14)25-20(24-16)19-7-4-12-26(19)21(28)15-5-2-3-6-18(15)27-22-10-11-23-27/h2-3,5-6,8-11,13,19H,4,7,12H2,1H3,(H,24,25). The number of imidazole rings is 1. The molecule has 0 saturated carbocycles. The molecule has 1 atom stereocenters. The Morgan fingerprint density at radius 3 is 2.83 bits per heavy atom. The number of para-hydroxylation sites is 1. The number of nitrogens with one attached hydrogen (secondary N) is 1. The van der Waals surface area contributed by atoms with Gasteiger partial charge < -0.3 is 9.88 Å². The maximum atomic E-state index is 13.5. The van der Waals surface area contributed by atoms with Crippen molar-refractivity contribution in [2.75, 3.05) is 12.8 Å². The molecule has 1 unspecified atom stereocenters. The first kappa shape index (κ1) is 17.9. The Hall–Kier alpha value is -3.13. The van der Waals surface area contributed by atoms with E-state index in [4.69, 9.17) is 4.98 Å². The normalized spacial score (nSPS) is 16.6. The van der Waals surface area contributed by atoms with Gasteiger partial charge in [-0.05, 0) is 49.4 Å². The van der Waals surface area contributed by atoms with Crippen LogP contribution in [0.3, 0.4) is 0 Å². The zero-order valence-corrected chi connectivity index (χ0v) is 16.8. The number of hydrogen-bond donors (Lipinski definition) is 1. The molecule has 1 aliphatic heterocycles. The van der Waals surface area contributed by atoms with Crippen LogP contribution in [0.5, 0.6) is 0 Å².